The van der Waals surface area contributed by atoms with Crippen LogP contribution in [0.15, 0.2) is 48.8 Å². The maximum absolute atomic E-state index is 13.9. The van der Waals surface area contributed by atoms with Crippen molar-refractivity contribution in [1.29, 1.82) is 0 Å². The van der Waals surface area contributed by atoms with E-state index in [9.17, 15) is 32.9 Å². The van der Waals surface area contributed by atoms with E-state index >= 15 is 0 Å². The molecular weight excluding hydrogens is 611 g/mol. The molecule has 2 aromatic carbocycles. The first kappa shape index (κ1) is 32.4. The number of hydrogen-bond acceptors (Lipinski definition) is 9. The van der Waals surface area contributed by atoms with Crippen LogP contribution in [-0.4, -0.2) is 65.2 Å². The summed E-state index contributed by atoms with van der Waals surface area (Å²) in [5.74, 6) is 0.241. The molecular formula is C30H32F3N7O6. The van der Waals surface area contributed by atoms with Crippen molar-refractivity contribution in [3.05, 3.63) is 70.0 Å². The minimum atomic E-state index is -4.61. The van der Waals surface area contributed by atoms with Gasteiger partial charge >= 0.3 is 12.2 Å². The van der Waals surface area contributed by atoms with E-state index in [0.717, 1.165) is 11.6 Å². The second-order valence-corrected chi connectivity index (χ2v) is 11.4. The first-order valence-electron chi connectivity index (χ1n) is 14.5. The smallest absolute Gasteiger partial charge is 0.418 e. The van der Waals surface area contributed by atoms with Crippen molar-refractivity contribution in [2.75, 3.05) is 53.3 Å². The Balaban J connectivity index is 1.22. The normalized spacial score (nSPS) is 14.9. The Morgan fingerprint density at radius 1 is 1.02 bits per heavy atom. The largest absolute Gasteiger partial charge is 0.439 e. The maximum atomic E-state index is 13.9. The highest BCUT2D eigenvalue weighted by molar-refractivity contribution is 6.03. The van der Waals surface area contributed by atoms with Gasteiger partial charge in [0.05, 0.1) is 18.8 Å². The van der Waals surface area contributed by atoms with Crippen LogP contribution in [0.1, 0.15) is 37.8 Å². The average Bonchev–Trinajstić information content (AvgIpc) is 3.44. The molecule has 13 nitrogen and oxygen atoms in total. The van der Waals surface area contributed by atoms with Crippen molar-refractivity contribution in [3.63, 3.8) is 0 Å². The van der Waals surface area contributed by atoms with E-state index in [4.69, 9.17) is 9.47 Å². The molecule has 244 valence electrons. The van der Waals surface area contributed by atoms with Crippen molar-refractivity contribution in [1.82, 2.24) is 9.97 Å². The summed E-state index contributed by atoms with van der Waals surface area (Å²) < 4.78 is 52.9. The van der Waals surface area contributed by atoms with Gasteiger partial charge in [-0.05, 0) is 48.4 Å². The number of nitrogens with zero attached hydrogens (tertiary/aromatic N) is 5. The van der Waals surface area contributed by atoms with Crippen LogP contribution in [0.4, 0.5) is 40.8 Å². The Morgan fingerprint density at radius 3 is 2.48 bits per heavy atom. The lowest BCUT2D eigenvalue weighted by Gasteiger charge is -2.31. The van der Waals surface area contributed by atoms with Crippen molar-refractivity contribution in [3.8, 4) is 11.6 Å². The van der Waals surface area contributed by atoms with E-state index in [1.54, 1.807) is 23.1 Å². The second kappa shape index (κ2) is 13.2. The van der Waals surface area contributed by atoms with Crippen molar-refractivity contribution in [2.45, 2.75) is 44.8 Å². The van der Waals surface area contributed by atoms with Crippen LogP contribution in [0.25, 0.3) is 0 Å². The number of fused-ring (bicyclic) bond motifs is 1. The van der Waals surface area contributed by atoms with Crippen LogP contribution in [-0.2, 0) is 22.1 Å². The Labute approximate surface area is 261 Å². The van der Waals surface area contributed by atoms with Crippen LogP contribution in [0.5, 0.6) is 11.6 Å². The van der Waals surface area contributed by atoms with Crippen LogP contribution >= 0.6 is 0 Å². The number of ether oxygens (including phenoxy) is 2. The number of aromatic nitrogens is 2. The number of amides is 3. The van der Waals surface area contributed by atoms with Crippen molar-refractivity contribution >= 4 is 34.8 Å². The number of carbonyl (C=O) groups is 2. The van der Waals surface area contributed by atoms with Gasteiger partial charge in [-0.1, -0.05) is 0 Å². The number of hydrogen-bond donors (Lipinski definition) is 2. The molecule has 0 spiro atoms. The molecule has 0 radical (unpaired) electrons. The van der Waals surface area contributed by atoms with Crippen LogP contribution in [0, 0.1) is 10.1 Å². The lowest BCUT2D eigenvalue weighted by Crippen LogP contribution is -2.37. The fraction of sp³-hybridized carbons (Fsp3) is 0.400. The van der Waals surface area contributed by atoms with Gasteiger partial charge in [0.15, 0.2) is 0 Å². The summed E-state index contributed by atoms with van der Waals surface area (Å²) in [6, 6.07) is 9.61. The zero-order chi connectivity index (χ0) is 33.1. The third kappa shape index (κ3) is 7.62. The van der Waals surface area contributed by atoms with Gasteiger partial charge in [-0.3, -0.25) is 19.8 Å². The summed E-state index contributed by atoms with van der Waals surface area (Å²) in [5.41, 5.74) is -0.644. The number of anilines is 4. The third-order valence-electron chi connectivity index (χ3n) is 7.69. The summed E-state index contributed by atoms with van der Waals surface area (Å²) >= 11 is 0. The SMILES string of the molecule is CC(C)(CCC(=O)Nc1cc(Oc2ccc3c(c2)CCN3C(=O)Nc2ccc(N3CCOCC3)c(C(F)(F)F)c2)ncn1)[N+](=O)[O-]. The Kier molecular flexibility index (Phi) is 9.27. The molecule has 3 aromatic rings. The molecule has 2 aliphatic rings. The first-order chi connectivity index (χ1) is 21.8. The van der Waals surface area contributed by atoms with E-state index < -0.39 is 34.1 Å². The minimum Gasteiger partial charge on any atom is -0.439 e. The lowest BCUT2D eigenvalue weighted by atomic mass is 9.99. The standard InChI is InChI=1S/C30H32F3N7O6/c1-29(2,40(43)44)9-7-26(41)37-25-17-27(35-18-34-25)46-21-4-6-23-19(15-21)8-10-39(23)28(42)36-20-3-5-24(22(16-20)30(31,32)33)38-11-13-45-14-12-38/h3-6,15-18H,7-14H2,1-2H3,(H,36,42)(H,34,35,37,41). The average molecular weight is 644 g/mol. The molecule has 0 bridgehead atoms. The number of halogens is 3. The highest BCUT2D eigenvalue weighted by atomic mass is 19.4. The van der Waals surface area contributed by atoms with E-state index in [1.807, 2.05) is 0 Å². The van der Waals surface area contributed by atoms with Gasteiger partial charge in [0.2, 0.25) is 17.3 Å². The Morgan fingerprint density at radius 2 is 1.76 bits per heavy atom. The maximum Gasteiger partial charge on any atom is 0.418 e. The van der Waals surface area contributed by atoms with Crippen LogP contribution in [0.2, 0.25) is 0 Å². The predicted molar refractivity (Wildman–Crippen MR) is 162 cm³/mol. The van der Waals surface area contributed by atoms with Gasteiger partial charge in [-0.25, -0.2) is 14.8 Å². The molecule has 0 saturated carbocycles. The van der Waals surface area contributed by atoms with Gasteiger partial charge < -0.3 is 25.0 Å². The molecule has 2 N–H and O–H groups in total. The number of benzene rings is 2. The van der Waals surface area contributed by atoms with E-state index in [2.05, 4.69) is 20.6 Å². The summed E-state index contributed by atoms with van der Waals surface area (Å²) in [6.45, 7) is 4.54. The van der Waals surface area contributed by atoms with E-state index in [1.165, 1.54) is 43.3 Å². The van der Waals surface area contributed by atoms with Gasteiger partial charge in [0, 0.05) is 74.4 Å². The highest BCUT2D eigenvalue weighted by Crippen LogP contribution is 2.39. The molecule has 16 heteroatoms. The number of morpholine rings is 1. The van der Waals surface area contributed by atoms with Crippen molar-refractivity contribution < 1.29 is 37.2 Å². The summed E-state index contributed by atoms with van der Waals surface area (Å²) in [4.78, 5) is 47.2. The number of alkyl halides is 3. The highest BCUT2D eigenvalue weighted by Gasteiger charge is 2.36. The fourth-order valence-corrected chi connectivity index (χ4v) is 5.06. The van der Waals surface area contributed by atoms with E-state index in [-0.39, 0.29) is 35.9 Å². The monoisotopic (exact) mass is 643 g/mol. The number of rotatable bonds is 9. The number of urea groups is 1. The number of nitro groups is 1. The quantitative estimate of drug-likeness (QED) is 0.228. The van der Waals surface area contributed by atoms with Gasteiger partial charge in [0.25, 0.3) is 0 Å². The molecule has 3 heterocycles. The van der Waals surface area contributed by atoms with Gasteiger partial charge in [-0.15, -0.1) is 0 Å². The summed E-state index contributed by atoms with van der Waals surface area (Å²) in [6.07, 6.45) is -2.97. The van der Waals surface area contributed by atoms with Crippen molar-refractivity contribution in [2.24, 2.45) is 0 Å². The first-order valence-corrected chi connectivity index (χ1v) is 14.5. The molecule has 0 aliphatic carbocycles. The third-order valence-corrected chi connectivity index (χ3v) is 7.69. The molecule has 46 heavy (non-hydrogen) atoms. The Bertz CT molecular complexity index is 1630. The molecule has 1 aromatic heterocycles. The second-order valence-electron chi connectivity index (χ2n) is 11.4. The molecule has 1 fully saturated rings. The number of nitrogens with one attached hydrogen (secondary N) is 2. The molecule has 3 amide bonds. The molecule has 2 aliphatic heterocycles. The lowest BCUT2D eigenvalue weighted by molar-refractivity contribution is -0.561. The molecule has 1 saturated heterocycles. The zero-order valence-corrected chi connectivity index (χ0v) is 25.1. The molecule has 0 unspecified atom stereocenters. The van der Waals surface area contributed by atoms with Gasteiger partial charge in [-0.2, -0.15) is 13.2 Å². The van der Waals surface area contributed by atoms with E-state index in [0.29, 0.717) is 50.7 Å². The summed E-state index contributed by atoms with van der Waals surface area (Å²) in [5, 5.41) is 16.3. The fourth-order valence-electron chi connectivity index (χ4n) is 5.06. The van der Waals surface area contributed by atoms with Gasteiger partial charge in [0.1, 0.15) is 17.9 Å². The molecule has 0 atom stereocenters. The molecule has 5 rings (SSSR count). The van der Waals surface area contributed by atoms with Crippen LogP contribution in [0.3, 0.4) is 0 Å². The summed E-state index contributed by atoms with van der Waals surface area (Å²) in [7, 11) is 0. The number of carbonyl (C=O) groups excluding carboxylic acids is 2. The topological polar surface area (TPSA) is 152 Å². The van der Waals surface area contributed by atoms with Crippen LogP contribution < -0.4 is 25.2 Å². The Hall–Kier alpha value is -4.99. The zero-order valence-electron chi connectivity index (χ0n) is 25.1. The minimum absolute atomic E-state index is 0.0240. The predicted octanol–water partition coefficient (Wildman–Crippen LogP) is 5.49.